The molecular weight excluding hydrogens is 271 g/mol. The first kappa shape index (κ1) is 14.1. The number of carbonyl (C=O) groups excluding carboxylic acids is 1. The largest absolute Gasteiger partial charge is 0.480 e. The second kappa shape index (κ2) is 4.07. The van der Waals surface area contributed by atoms with E-state index in [-0.39, 0.29) is 4.90 Å². The summed E-state index contributed by atoms with van der Waals surface area (Å²) in [6.07, 6.45) is -7.09. The van der Waals surface area contributed by atoms with Gasteiger partial charge in [0.15, 0.2) is 11.8 Å². The highest BCUT2D eigenvalue weighted by molar-refractivity contribution is 5.88. The number of ether oxygens (including phenoxy) is 2. The minimum atomic E-state index is -5.12. The van der Waals surface area contributed by atoms with Gasteiger partial charge in [0.1, 0.15) is 12.2 Å². The number of rotatable bonds is 1. The second-order valence-electron chi connectivity index (χ2n) is 4.88. The van der Waals surface area contributed by atoms with Gasteiger partial charge in [0.2, 0.25) is 0 Å². The molecule has 0 aromatic carbocycles. The standard InChI is InChI=1S/C10H12F3NO5/c1-9(2)18-4-3-14(8(17)10(11,12)13)5(7(15)16)6(4)19-9/h4-6H,3H2,1-2H3,(H,15,16)/t4-,5-,6-/m1/s1. The Kier molecular flexibility index (Phi) is 3.01. The number of carbonyl (C=O) groups is 2. The minimum Gasteiger partial charge on any atom is -0.480 e. The van der Waals surface area contributed by atoms with Crippen LogP contribution in [-0.4, -0.2) is 58.6 Å². The zero-order valence-electron chi connectivity index (χ0n) is 10.1. The number of halogens is 3. The smallest absolute Gasteiger partial charge is 0.471 e. The first-order valence-corrected chi connectivity index (χ1v) is 5.49. The van der Waals surface area contributed by atoms with Crippen LogP contribution >= 0.6 is 0 Å². The van der Waals surface area contributed by atoms with E-state index in [0.29, 0.717) is 0 Å². The van der Waals surface area contributed by atoms with E-state index in [1.54, 1.807) is 0 Å². The number of likely N-dealkylation sites (tertiary alicyclic amines) is 1. The average Bonchev–Trinajstić information content (AvgIpc) is 2.65. The molecule has 2 saturated heterocycles. The first-order valence-electron chi connectivity index (χ1n) is 5.49. The van der Waals surface area contributed by atoms with Crippen LogP contribution in [-0.2, 0) is 19.1 Å². The van der Waals surface area contributed by atoms with Crippen molar-refractivity contribution in [3.63, 3.8) is 0 Å². The van der Waals surface area contributed by atoms with E-state index in [1.165, 1.54) is 13.8 Å². The van der Waals surface area contributed by atoms with Crippen LogP contribution in [0.25, 0.3) is 0 Å². The topological polar surface area (TPSA) is 76.1 Å². The molecule has 2 aliphatic heterocycles. The molecule has 2 rings (SSSR count). The summed E-state index contributed by atoms with van der Waals surface area (Å²) in [5, 5.41) is 9.02. The van der Waals surface area contributed by atoms with E-state index in [9.17, 15) is 22.8 Å². The maximum absolute atomic E-state index is 12.4. The van der Waals surface area contributed by atoms with E-state index in [0.717, 1.165) is 0 Å². The Hall–Kier alpha value is -1.35. The van der Waals surface area contributed by atoms with E-state index < -0.39 is 48.6 Å². The number of hydrogen-bond donors (Lipinski definition) is 1. The summed E-state index contributed by atoms with van der Waals surface area (Å²) in [6, 6.07) is -1.69. The Bertz CT molecular complexity index is 422. The Morgan fingerprint density at radius 1 is 1.32 bits per heavy atom. The number of aliphatic carboxylic acids is 1. The van der Waals surface area contributed by atoms with Crippen molar-refractivity contribution >= 4 is 11.9 Å². The molecule has 19 heavy (non-hydrogen) atoms. The number of carboxylic acid groups (broad SMARTS) is 1. The Balaban J connectivity index is 2.26. The van der Waals surface area contributed by atoms with Gasteiger partial charge in [-0.2, -0.15) is 13.2 Å². The highest BCUT2D eigenvalue weighted by Crippen LogP contribution is 2.38. The van der Waals surface area contributed by atoms with Crippen LogP contribution in [0.2, 0.25) is 0 Å². The Labute approximate surface area is 106 Å². The van der Waals surface area contributed by atoms with Crippen molar-refractivity contribution in [3.05, 3.63) is 0 Å². The normalized spacial score (nSPS) is 33.3. The van der Waals surface area contributed by atoms with Crippen LogP contribution in [0.4, 0.5) is 13.2 Å². The van der Waals surface area contributed by atoms with Gasteiger partial charge in [-0.05, 0) is 13.8 Å². The van der Waals surface area contributed by atoms with Gasteiger partial charge in [0.05, 0.1) is 6.54 Å². The summed E-state index contributed by atoms with van der Waals surface area (Å²) in [7, 11) is 0. The maximum Gasteiger partial charge on any atom is 0.471 e. The highest BCUT2D eigenvalue weighted by Gasteiger charge is 2.60. The third kappa shape index (κ3) is 2.39. The van der Waals surface area contributed by atoms with Crippen molar-refractivity contribution in [1.82, 2.24) is 4.90 Å². The lowest BCUT2D eigenvalue weighted by Gasteiger charge is -2.27. The van der Waals surface area contributed by atoms with E-state index in [1.807, 2.05) is 0 Å². The third-order valence-electron chi connectivity index (χ3n) is 3.00. The fraction of sp³-hybridized carbons (Fsp3) is 0.800. The molecular formula is C10H12F3NO5. The monoisotopic (exact) mass is 283 g/mol. The molecule has 0 aromatic rings. The van der Waals surface area contributed by atoms with Crippen molar-refractivity contribution < 1.29 is 37.3 Å². The van der Waals surface area contributed by atoms with Crippen LogP contribution in [0.1, 0.15) is 13.8 Å². The van der Waals surface area contributed by atoms with Crippen LogP contribution < -0.4 is 0 Å². The molecule has 0 spiro atoms. The van der Waals surface area contributed by atoms with Crippen molar-refractivity contribution in [2.45, 2.75) is 44.1 Å². The van der Waals surface area contributed by atoms with Crippen LogP contribution in [0.5, 0.6) is 0 Å². The van der Waals surface area contributed by atoms with Crippen molar-refractivity contribution in [2.75, 3.05) is 6.54 Å². The van der Waals surface area contributed by atoms with Gasteiger partial charge >= 0.3 is 18.1 Å². The fourth-order valence-corrected chi connectivity index (χ4v) is 2.40. The van der Waals surface area contributed by atoms with E-state index in [4.69, 9.17) is 14.6 Å². The Morgan fingerprint density at radius 2 is 1.89 bits per heavy atom. The molecule has 2 fully saturated rings. The van der Waals surface area contributed by atoms with Gasteiger partial charge in [-0.1, -0.05) is 0 Å². The van der Waals surface area contributed by atoms with Crippen LogP contribution in [0, 0.1) is 0 Å². The molecule has 0 saturated carbocycles. The number of amides is 1. The SMILES string of the molecule is CC1(C)O[C@@H]2[C@@H](CN(C(=O)C(F)(F)F)[C@H]2C(=O)O)O1. The molecule has 9 heteroatoms. The van der Waals surface area contributed by atoms with E-state index >= 15 is 0 Å². The van der Waals surface area contributed by atoms with Crippen molar-refractivity contribution in [3.8, 4) is 0 Å². The summed E-state index contributed by atoms with van der Waals surface area (Å²) in [5.41, 5.74) is 0. The molecule has 0 aliphatic carbocycles. The first-order chi connectivity index (χ1) is 8.53. The molecule has 0 radical (unpaired) electrons. The molecule has 108 valence electrons. The van der Waals surface area contributed by atoms with Gasteiger partial charge < -0.3 is 19.5 Å². The molecule has 1 N–H and O–H groups in total. The summed E-state index contributed by atoms with van der Waals surface area (Å²) in [4.78, 5) is 22.5. The Morgan fingerprint density at radius 3 is 2.37 bits per heavy atom. The minimum absolute atomic E-state index is 0.243. The molecule has 0 bridgehead atoms. The molecule has 1 amide bonds. The maximum atomic E-state index is 12.4. The highest BCUT2D eigenvalue weighted by atomic mass is 19.4. The van der Waals surface area contributed by atoms with Crippen LogP contribution in [0.15, 0.2) is 0 Å². The molecule has 0 aromatic heterocycles. The quantitative estimate of drug-likeness (QED) is 0.752. The number of alkyl halides is 3. The lowest BCUT2D eigenvalue weighted by Crippen LogP contribution is -2.51. The van der Waals surface area contributed by atoms with Gasteiger partial charge in [-0.25, -0.2) is 4.79 Å². The second-order valence-corrected chi connectivity index (χ2v) is 4.88. The zero-order valence-corrected chi connectivity index (χ0v) is 10.1. The average molecular weight is 283 g/mol. The predicted octanol–water partition coefficient (Wildman–Crippen LogP) is 0.364. The third-order valence-corrected chi connectivity index (χ3v) is 3.00. The zero-order chi connectivity index (χ0) is 14.6. The number of carboxylic acids is 1. The summed E-state index contributed by atoms with van der Waals surface area (Å²) in [6.45, 7) is 2.60. The van der Waals surface area contributed by atoms with Gasteiger partial charge in [0, 0.05) is 0 Å². The van der Waals surface area contributed by atoms with Crippen molar-refractivity contribution in [2.24, 2.45) is 0 Å². The van der Waals surface area contributed by atoms with E-state index in [2.05, 4.69) is 0 Å². The van der Waals surface area contributed by atoms with Crippen molar-refractivity contribution in [1.29, 1.82) is 0 Å². The van der Waals surface area contributed by atoms with Gasteiger partial charge in [-0.15, -0.1) is 0 Å². The summed E-state index contributed by atoms with van der Waals surface area (Å²) in [5.74, 6) is -4.82. The number of fused-ring (bicyclic) bond motifs is 1. The van der Waals surface area contributed by atoms with Gasteiger partial charge in [-0.3, -0.25) is 4.79 Å². The van der Waals surface area contributed by atoms with Crippen LogP contribution in [0.3, 0.4) is 0 Å². The fourth-order valence-electron chi connectivity index (χ4n) is 2.40. The molecule has 0 unspecified atom stereocenters. The number of nitrogens with zero attached hydrogens (tertiary/aromatic N) is 1. The molecule has 6 nitrogen and oxygen atoms in total. The molecule has 2 aliphatic rings. The lowest BCUT2D eigenvalue weighted by atomic mass is 10.1. The van der Waals surface area contributed by atoms with Gasteiger partial charge in [0.25, 0.3) is 0 Å². The predicted molar refractivity (Wildman–Crippen MR) is 53.0 cm³/mol. The molecule has 2 heterocycles. The number of hydrogen-bond acceptors (Lipinski definition) is 4. The summed E-state index contributed by atoms with van der Waals surface area (Å²) >= 11 is 0. The lowest BCUT2D eigenvalue weighted by molar-refractivity contribution is -0.198. The molecule has 3 atom stereocenters. The summed E-state index contributed by atoms with van der Waals surface area (Å²) < 4.78 is 47.8.